The van der Waals surface area contributed by atoms with E-state index in [9.17, 15) is 9.59 Å². The minimum atomic E-state index is -0.609. The number of rotatable bonds is 4. The third kappa shape index (κ3) is 4.05. The molecule has 1 aromatic heterocycles. The summed E-state index contributed by atoms with van der Waals surface area (Å²) in [5.41, 5.74) is 1.73. The third-order valence-corrected chi connectivity index (χ3v) is 6.19. The molecule has 2 amide bonds. The van der Waals surface area contributed by atoms with Crippen molar-refractivity contribution in [2.45, 2.75) is 19.3 Å². The second kappa shape index (κ2) is 8.51. The number of imidazole rings is 1. The molecule has 160 valence electrons. The second-order valence-electron chi connectivity index (χ2n) is 8.23. The first kappa shape index (κ1) is 21.1. The van der Waals surface area contributed by atoms with E-state index in [1.54, 1.807) is 15.7 Å². The van der Waals surface area contributed by atoms with Gasteiger partial charge in [0, 0.05) is 38.1 Å². The number of hydrogen-bond donors (Lipinski definition) is 1. The normalized spacial score (nSPS) is 14.5. The lowest BCUT2D eigenvalue weighted by Crippen LogP contribution is -2.54. The first-order valence-corrected chi connectivity index (χ1v) is 10.8. The Hall–Kier alpha value is -3.19. The van der Waals surface area contributed by atoms with Crippen LogP contribution in [0, 0.1) is 4.77 Å². The number of piperazine rings is 1. The minimum Gasteiger partial charge on any atom is -0.338 e. The van der Waals surface area contributed by atoms with Gasteiger partial charge in [-0.15, -0.1) is 0 Å². The summed E-state index contributed by atoms with van der Waals surface area (Å²) >= 11 is 5.40. The molecule has 2 aromatic carbocycles. The van der Waals surface area contributed by atoms with Crippen molar-refractivity contribution in [3.05, 3.63) is 82.9 Å². The van der Waals surface area contributed by atoms with E-state index in [-0.39, 0.29) is 11.8 Å². The van der Waals surface area contributed by atoms with Crippen LogP contribution in [0.5, 0.6) is 0 Å². The molecule has 0 atom stereocenters. The Labute approximate surface area is 187 Å². The van der Waals surface area contributed by atoms with Crippen LogP contribution in [0.2, 0.25) is 0 Å². The molecular weight excluding hydrogens is 408 g/mol. The Morgan fingerprint density at radius 3 is 2.03 bits per heavy atom. The molecule has 1 fully saturated rings. The molecule has 0 bridgehead atoms. The summed E-state index contributed by atoms with van der Waals surface area (Å²) in [7, 11) is 0. The number of nitrogens with one attached hydrogen (secondary N) is 1. The first-order valence-electron chi connectivity index (χ1n) is 10.4. The van der Waals surface area contributed by atoms with Crippen molar-refractivity contribution in [1.82, 2.24) is 19.4 Å². The zero-order valence-corrected chi connectivity index (χ0v) is 18.6. The van der Waals surface area contributed by atoms with Crippen LogP contribution in [-0.4, -0.2) is 57.3 Å². The number of nitrogens with zero attached hydrogens (tertiary/aromatic N) is 3. The van der Waals surface area contributed by atoms with Crippen LogP contribution in [0.4, 0.5) is 0 Å². The van der Waals surface area contributed by atoms with Crippen LogP contribution < -0.4 is 0 Å². The quantitative estimate of drug-likeness (QED) is 0.636. The van der Waals surface area contributed by atoms with Gasteiger partial charge in [-0.25, -0.2) is 0 Å². The maximum absolute atomic E-state index is 13.2. The SMILES string of the molecule is CC(C)(C(=O)N1CCN(C(=O)c2c[nH]c(=S)n2-c2ccccc2)CC1)c1ccccc1. The number of carbonyl (C=O) groups excluding carboxylic acids is 2. The van der Waals surface area contributed by atoms with Gasteiger partial charge >= 0.3 is 0 Å². The molecule has 4 rings (SSSR count). The zero-order chi connectivity index (χ0) is 22.0. The van der Waals surface area contributed by atoms with Gasteiger partial charge in [0.25, 0.3) is 5.91 Å². The van der Waals surface area contributed by atoms with Crippen molar-refractivity contribution in [3.8, 4) is 5.69 Å². The Bertz CT molecular complexity index is 1130. The molecule has 1 N–H and O–H groups in total. The summed E-state index contributed by atoms with van der Waals surface area (Å²) in [4.78, 5) is 33.1. The predicted octanol–water partition coefficient (Wildman–Crippen LogP) is 3.80. The number of aromatic nitrogens is 2. The number of H-pyrrole nitrogens is 1. The van der Waals surface area contributed by atoms with Crippen molar-refractivity contribution >= 4 is 24.0 Å². The van der Waals surface area contributed by atoms with Crippen LogP contribution >= 0.6 is 12.2 Å². The molecule has 1 aliphatic rings. The Morgan fingerprint density at radius 1 is 0.871 bits per heavy atom. The zero-order valence-electron chi connectivity index (χ0n) is 17.7. The van der Waals surface area contributed by atoms with E-state index >= 15 is 0 Å². The Kier molecular flexibility index (Phi) is 5.78. The largest absolute Gasteiger partial charge is 0.338 e. The van der Waals surface area contributed by atoms with Crippen molar-refractivity contribution in [2.24, 2.45) is 0 Å². The Morgan fingerprint density at radius 2 is 1.42 bits per heavy atom. The maximum Gasteiger partial charge on any atom is 0.272 e. The predicted molar refractivity (Wildman–Crippen MR) is 123 cm³/mol. The van der Waals surface area contributed by atoms with E-state index in [0.717, 1.165) is 11.3 Å². The lowest BCUT2D eigenvalue weighted by atomic mass is 9.83. The maximum atomic E-state index is 13.2. The molecule has 3 aromatic rings. The second-order valence-corrected chi connectivity index (χ2v) is 8.61. The lowest BCUT2D eigenvalue weighted by molar-refractivity contribution is -0.137. The first-order chi connectivity index (χ1) is 14.9. The third-order valence-electron chi connectivity index (χ3n) is 5.89. The summed E-state index contributed by atoms with van der Waals surface area (Å²) in [6.07, 6.45) is 1.66. The number of benzene rings is 2. The molecule has 0 spiro atoms. The van der Waals surface area contributed by atoms with Crippen LogP contribution in [0.3, 0.4) is 0 Å². The molecular formula is C24H26N4O2S. The van der Waals surface area contributed by atoms with E-state index in [2.05, 4.69) is 4.98 Å². The Balaban J connectivity index is 1.47. The van der Waals surface area contributed by atoms with Gasteiger partial charge in [-0.3, -0.25) is 14.2 Å². The number of carbonyl (C=O) groups is 2. The van der Waals surface area contributed by atoms with Gasteiger partial charge in [-0.05, 0) is 43.8 Å². The van der Waals surface area contributed by atoms with Gasteiger partial charge in [0.15, 0.2) is 4.77 Å². The lowest BCUT2D eigenvalue weighted by Gasteiger charge is -2.38. The molecule has 0 aliphatic carbocycles. The summed E-state index contributed by atoms with van der Waals surface area (Å²) in [5.74, 6) is -0.00902. The van der Waals surface area contributed by atoms with Crippen molar-refractivity contribution in [3.63, 3.8) is 0 Å². The summed E-state index contributed by atoms with van der Waals surface area (Å²) in [5, 5.41) is 0. The number of para-hydroxylation sites is 1. The molecule has 2 heterocycles. The number of hydrogen-bond acceptors (Lipinski definition) is 3. The highest BCUT2D eigenvalue weighted by molar-refractivity contribution is 7.71. The van der Waals surface area contributed by atoms with Gasteiger partial charge in [0.05, 0.1) is 5.41 Å². The topological polar surface area (TPSA) is 61.3 Å². The van der Waals surface area contributed by atoms with Crippen molar-refractivity contribution in [2.75, 3.05) is 26.2 Å². The van der Waals surface area contributed by atoms with E-state index < -0.39 is 5.41 Å². The molecule has 1 saturated heterocycles. The molecule has 31 heavy (non-hydrogen) atoms. The summed E-state index contributed by atoms with van der Waals surface area (Å²) in [6.45, 7) is 5.91. The fraction of sp³-hybridized carbons (Fsp3) is 0.292. The van der Waals surface area contributed by atoms with Crippen LogP contribution in [0.25, 0.3) is 5.69 Å². The smallest absolute Gasteiger partial charge is 0.272 e. The highest BCUT2D eigenvalue weighted by Crippen LogP contribution is 2.26. The standard InChI is InChI=1S/C24H26N4O2S/c1-24(2,18-9-5-3-6-10-18)22(30)27-15-13-26(14-16-27)21(29)20-17-25-23(31)28(20)19-11-7-4-8-12-19/h3-12,17H,13-16H2,1-2H3,(H,25,31). The van der Waals surface area contributed by atoms with Crippen molar-refractivity contribution < 1.29 is 9.59 Å². The monoisotopic (exact) mass is 434 g/mol. The van der Waals surface area contributed by atoms with E-state index in [4.69, 9.17) is 12.2 Å². The molecule has 0 saturated carbocycles. The van der Waals surface area contributed by atoms with Crippen LogP contribution in [0.15, 0.2) is 66.9 Å². The average molecular weight is 435 g/mol. The molecule has 7 heteroatoms. The van der Waals surface area contributed by atoms with Gasteiger partial charge in [0.2, 0.25) is 5.91 Å². The van der Waals surface area contributed by atoms with Crippen molar-refractivity contribution in [1.29, 1.82) is 0 Å². The summed E-state index contributed by atoms with van der Waals surface area (Å²) in [6, 6.07) is 19.4. The highest BCUT2D eigenvalue weighted by atomic mass is 32.1. The van der Waals surface area contributed by atoms with Gasteiger partial charge in [-0.1, -0.05) is 48.5 Å². The fourth-order valence-electron chi connectivity index (χ4n) is 4.01. The van der Waals surface area contributed by atoms with E-state index in [0.29, 0.717) is 36.6 Å². The van der Waals surface area contributed by atoms with Crippen LogP contribution in [-0.2, 0) is 10.2 Å². The fourth-order valence-corrected chi connectivity index (χ4v) is 4.27. The average Bonchev–Trinajstić information content (AvgIpc) is 3.20. The molecule has 6 nitrogen and oxygen atoms in total. The van der Waals surface area contributed by atoms with Gasteiger partial charge in [0.1, 0.15) is 5.69 Å². The number of amides is 2. The number of aromatic amines is 1. The summed E-state index contributed by atoms with van der Waals surface area (Å²) < 4.78 is 2.24. The molecule has 0 radical (unpaired) electrons. The highest BCUT2D eigenvalue weighted by Gasteiger charge is 2.36. The van der Waals surface area contributed by atoms with E-state index in [1.165, 1.54) is 0 Å². The van der Waals surface area contributed by atoms with Gasteiger partial charge in [-0.2, -0.15) is 0 Å². The molecule has 1 aliphatic heterocycles. The van der Waals surface area contributed by atoms with Gasteiger partial charge < -0.3 is 14.8 Å². The molecule has 0 unspecified atom stereocenters. The van der Waals surface area contributed by atoms with Crippen LogP contribution in [0.1, 0.15) is 29.9 Å². The van der Waals surface area contributed by atoms with E-state index in [1.807, 2.05) is 79.4 Å². The minimum absolute atomic E-state index is 0.0830.